The van der Waals surface area contributed by atoms with Crippen molar-refractivity contribution in [1.29, 1.82) is 0 Å². The number of hydrogen-bond donors (Lipinski definition) is 1. The van der Waals surface area contributed by atoms with Crippen molar-refractivity contribution in [1.82, 2.24) is 4.98 Å². The predicted molar refractivity (Wildman–Crippen MR) is 90.8 cm³/mol. The highest BCUT2D eigenvalue weighted by Gasteiger charge is 2.25. The molecule has 1 aromatic heterocycles. The number of aromatic nitrogens is 1. The molecule has 0 bridgehead atoms. The molecule has 1 aliphatic rings. The molecule has 0 saturated heterocycles. The molecule has 1 N–H and O–H groups in total. The van der Waals surface area contributed by atoms with Crippen molar-refractivity contribution in [3.63, 3.8) is 0 Å². The van der Waals surface area contributed by atoms with Crippen LogP contribution in [0.15, 0.2) is 30.3 Å². The SMILES string of the molecule is COc1cccc2c1[nH]c1c3c(c(C)cc12)OC(C)(C)C=C3. The Bertz CT molecular complexity index is 932. The van der Waals surface area contributed by atoms with Crippen molar-refractivity contribution >= 4 is 27.9 Å². The first kappa shape index (κ1) is 13.3. The van der Waals surface area contributed by atoms with Gasteiger partial charge in [-0.15, -0.1) is 0 Å². The molecular formula is C19H19NO2. The van der Waals surface area contributed by atoms with Gasteiger partial charge < -0.3 is 14.5 Å². The van der Waals surface area contributed by atoms with Gasteiger partial charge in [-0.1, -0.05) is 12.1 Å². The van der Waals surface area contributed by atoms with Crippen LogP contribution < -0.4 is 9.47 Å². The van der Waals surface area contributed by atoms with E-state index >= 15 is 0 Å². The minimum Gasteiger partial charge on any atom is -0.495 e. The van der Waals surface area contributed by atoms with Crippen LogP contribution in [0.1, 0.15) is 25.0 Å². The predicted octanol–water partition coefficient (Wildman–Crippen LogP) is 4.82. The summed E-state index contributed by atoms with van der Waals surface area (Å²) in [4.78, 5) is 3.52. The van der Waals surface area contributed by atoms with Gasteiger partial charge in [-0.2, -0.15) is 0 Å². The Morgan fingerprint density at radius 1 is 1.14 bits per heavy atom. The van der Waals surface area contributed by atoms with Gasteiger partial charge in [-0.25, -0.2) is 0 Å². The van der Waals surface area contributed by atoms with Gasteiger partial charge in [0.1, 0.15) is 17.1 Å². The van der Waals surface area contributed by atoms with E-state index in [1.54, 1.807) is 7.11 Å². The van der Waals surface area contributed by atoms with Crippen LogP contribution in [0.2, 0.25) is 0 Å². The number of ether oxygens (including phenoxy) is 2. The summed E-state index contributed by atoms with van der Waals surface area (Å²) >= 11 is 0. The second-order valence-electron chi connectivity index (χ2n) is 6.41. The molecule has 112 valence electrons. The van der Waals surface area contributed by atoms with E-state index in [0.29, 0.717) is 0 Å². The number of nitrogens with one attached hydrogen (secondary N) is 1. The minimum absolute atomic E-state index is 0.269. The lowest BCUT2D eigenvalue weighted by Crippen LogP contribution is -2.28. The first-order valence-electron chi connectivity index (χ1n) is 7.50. The van der Waals surface area contributed by atoms with Crippen LogP contribution in [0.5, 0.6) is 11.5 Å². The quantitative estimate of drug-likeness (QED) is 0.698. The zero-order chi connectivity index (χ0) is 15.5. The van der Waals surface area contributed by atoms with E-state index in [-0.39, 0.29) is 5.60 Å². The van der Waals surface area contributed by atoms with Crippen LogP contribution in [0.4, 0.5) is 0 Å². The number of methoxy groups -OCH3 is 1. The maximum Gasteiger partial charge on any atom is 0.142 e. The second-order valence-corrected chi connectivity index (χ2v) is 6.41. The van der Waals surface area contributed by atoms with Crippen LogP contribution >= 0.6 is 0 Å². The van der Waals surface area contributed by atoms with Crippen molar-refractivity contribution in [3.8, 4) is 11.5 Å². The van der Waals surface area contributed by atoms with E-state index in [2.05, 4.69) is 50.0 Å². The molecule has 0 aliphatic carbocycles. The van der Waals surface area contributed by atoms with Crippen molar-refractivity contribution in [2.45, 2.75) is 26.4 Å². The van der Waals surface area contributed by atoms with Crippen molar-refractivity contribution < 1.29 is 9.47 Å². The molecule has 3 nitrogen and oxygen atoms in total. The smallest absolute Gasteiger partial charge is 0.142 e. The average molecular weight is 293 g/mol. The van der Waals surface area contributed by atoms with Crippen molar-refractivity contribution in [2.75, 3.05) is 7.11 Å². The first-order valence-corrected chi connectivity index (χ1v) is 7.50. The van der Waals surface area contributed by atoms with E-state index < -0.39 is 0 Å². The van der Waals surface area contributed by atoms with Crippen LogP contribution in [0.25, 0.3) is 27.9 Å². The van der Waals surface area contributed by atoms with Crippen LogP contribution in [-0.2, 0) is 0 Å². The summed E-state index contributed by atoms with van der Waals surface area (Å²) in [5.74, 6) is 1.83. The topological polar surface area (TPSA) is 34.2 Å². The maximum absolute atomic E-state index is 6.17. The highest BCUT2D eigenvalue weighted by atomic mass is 16.5. The fourth-order valence-corrected chi connectivity index (χ4v) is 3.23. The maximum atomic E-state index is 6.17. The van der Waals surface area contributed by atoms with Crippen LogP contribution in [-0.4, -0.2) is 17.7 Å². The largest absolute Gasteiger partial charge is 0.495 e. The zero-order valence-corrected chi connectivity index (χ0v) is 13.3. The van der Waals surface area contributed by atoms with Gasteiger partial charge in [-0.3, -0.25) is 0 Å². The van der Waals surface area contributed by atoms with E-state index in [1.165, 1.54) is 10.8 Å². The number of para-hydroxylation sites is 1. The average Bonchev–Trinajstić information content (AvgIpc) is 2.85. The molecule has 2 aromatic carbocycles. The lowest BCUT2D eigenvalue weighted by atomic mass is 9.97. The Morgan fingerprint density at radius 2 is 1.95 bits per heavy atom. The Hall–Kier alpha value is -2.42. The van der Waals surface area contributed by atoms with E-state index in [1.807, 2.05) is 12.1 Å². The zero-order valence-electron chi connectivity index (χ0n) is 13.3. The summed E-state index contributed by atoms with van der Waals surface area (Å²) in [6, 6.07) is 8.33. The molecule has 4 rings (SSSR count). The number of aromatic amines is 1. The lowest BCUT2D eigenvalue weighted by molar-refractivity contribution is 0.158. The normalized spacial score (nSPS) is 15.8. The Labute approximate surface area is 129 Å². The summed E-state index contributed by atoms with van der Waals surface area (Å²) in [7, 11) is 1.70. The van der Waals surface area contributed by atoms with Gasteiger partial charge in [0.2, 0.25) is 0 Å². The fraction of sp³-hybridized carbons (Fsp3) is 0.263. The number of hydrogen-bond acceptors (Lipinski definition) is 2. The molecule has 0 radical (unpaired) electrons. The van der Waals surface area contributed by atoms with E-state index in [0.717, 1.165) is 33.7 Å². The molecule has 0 saturated carbocycles. The number of fused-ring (bicyclic) bond motifs is 5. The van der Waals surface area contributed by atoms with Gasteiger partial charge in [0, 0.05) is 16.3 Å². The van der Waals surface area contributed by atoms with Crippen molar-refractivity contribution in [3.05, 3.63) is 41.5 Å². The molecule has 0 spiro atoms. The Kier molecular flexibility index (Phi) is 2.59. The van der Waals surface area contributed by atoms with Gasteiger partial charge in [0.25, 0.3) is 0 Å². The van der Waals surface area contributed by atoms with Gasteiger partial charge in [-0.05, 0) is 50.6 Å². The standard InChI is InChI=1S/C19H19NO2/c1-11-10-14-12-6-5-7-15(21-4)17(12)20-16(14)13-8-9-19(2,3)22-18(11)13/h5-10,20H,1-4H3. The van der Waals surface area contributed by atoms with Gasteiger partial charge in [0.15, 0.2) is 0 Å². The van der Waals surface area contributed by atoms with Crippen molar-refractivity contribution in [2.24, 2.45) is 0 Å². The number of aryl methyl sites for hydroxylation is 1. The van der Waals surface area contributed by atoms with Crippen LogP contribution in [0.3, 0.4) is 0 Å². The third-order valence-corrected chi connectivity index (χ3v) is 4.31. The third kappa shape index (κ3) is 1.75. The summed E-state index contributed by atoms with van der Waals surface area (Å²) in [6.45, 7) is 6.25. The van der Waals surface area contributed by atoms with Crippen LogP contribution in [0, 0.1) is 6.92 Å². The summed E-state index contributed by atoms with van der Waals surface area (Å²) < 4.78 is 11.7. The van der Waals surface area contributed by atoms with E-state index in [9.17, 15) is 0 Å². The second kappa shape index (κ2) is 4.29. The fourth-order valence-electron chi connectivity index (χ4n) is 3.23. The van der Waals surface area contributed by atoms with Gasteiger partial charge in [0.05, 0.1) is 18.1 Å². The first-order chi connectivity index (χ1) is 10.5. The highest BCUT2D eigenvalue weighted by Crippen LogP contribution is 2.42. The minimum atomic E-state index is -0.269. The van der Waals surface area contributed by atoms with E-state index in [4.69, 9.17) is 9.47 Å². The Morgan fingerprint density at radius 3 is 2.73 bits per heavy atom. The summed E-state index contributed by atoms with van der Waals surface area (Å²) in [5.41, 5.74) is 4.14. The number of H-pyrrole nitrogens is 1. The molecular weight excluding hydrogens is 274 g/mol. The summed E-state index contributed by atoms with van der Waals surface area (Å²) in [6.07, 6.45) is 4.27. The lowest BCUT2D eigenvalue weighted by Gasteiger charge is -2.29. The molecule has 0 amide bonds. The molecule has 0 atom stereocenters. The molecule has 2 heterocycles. The van der Waals surface area contributed by atoms with Gasteiger partial charge >= 0.3 is 0 Å². The molecule has 0 fully saturated rings. The molecule has 1 aliphatic heterocycles. The molecule has 3 aromatic rings. The Balaban J connectivity index is 2.12. The number of rotatable bonds is 1. The highest BCUT2D eigenvalue weighted by molar-refractivity contribution is 6.12. The summed E-state index contributed by atoms with van der Waals surface area (Å²) in [5, 5.41) is 2.39. The monoisotopic (exact) mass is 293 g/mol. The molecule has 3 heteroatoms. The third-order valence-electron chi connectivity index (χ3n) is 4.31. The number of benzene rings is 2. The molecule has 22 heavy (non-hydrogen) atoms. The molecule has 0 unspecified atom stereocenters.